The molecular weight excluding hydrogens is 375 g/mol. The van der Waals surface area contributed by atoms with E-state index < -0.39 is 18.4 Å². The van der Waals surface area contributed by atoms with Crippen LogP contribution in [0.15, 0.2) is 11.6 Å². The van der Waals surface area contributed by atoms with Crippen molar-refractivity contribution in [1.82, 2.24) is 15.3 Å². The van der Waals surface area contributed by atoms with Gasteiger partial charge in [-0.15, -0.1) is 22.7 Å². The minimum atomic E-state index is -4.79. The summed E-state index contributed by atoms with van der Waals surface area (Å²) in [7, 11) is 0. The van der Waals surface area contributed by atoms with Crippen molar-refractivity contribution >= 4 is 34.4 Å². The summed E-state index contributed by atoms with van der Waals surface area (Å²) in [6.45, 7) is 2.11. The predicted molar refractivity (Wildman–Crippen MR) is 89.8 cm³/mol. The van der Waals surface area contributed by atoms with Gasteiger partial charge < -0.3 is 5.32 Å². The molecule has 0 unspecified atom stereocenters. The molecule has 0 radical (unpaired) electrons. The number of aryl methyl sites for hydroxylation is 1. The molecule has 136 valence electrons. The molecule has 1 amide bonds. The van der Waals surface area contributed by atoms with Crippen LogP contribution in [-0.2, 0) is 11.2 Å². The van der Waals surface area contributed by atoms with Gasteiger partial charge in [0.05, 0.1) is 0 Å². The third-order valence-corrected chi connectivity index (χ3v) is 5.40. The highest BCUT2D eigenvalue weighted by Gasteiger charge is 2.37. The number of Topliss-reactive ketones (excluding diaryl/α,β-unsaturated/α-hetero) is 1. The van der Waals surface area contributed by atoms with Gasteiger partial charge in [-0.3, -0.25) is 9.59 Å². The number of aromatic nitrogens is 2. The van der Waals surface area contributed by atoms with Gasteiger partial charge in [-0.25, -0.2) is 9.97 Å². The van der Waals surface area contributed by atoms with E-state index in [9.17, 15) is 22.8 Å². The Balaban J connectivity index is 1.86. The minimum Gasteiger partial charge on any atom is -0.351 e. The molecule has 0 aromatic carbocycles. The second-order valence-electron chi connectivity index (χ2n) is 5.12. The molecule has 25 heavy (non-hydrogen) atoms. The number of carbonyl (C=O) groups excluding carboxylic acids is 2. The zero-order valence-corrected chi connectivity index (χ0v) is 15.0. The lowest BCUT2D eigenvalue weighted by atomic mass is 10.1. The first kappa shape index (κ1) is 19.5. The molecule has 2 rings (SSSR count). The standard InChI is InChI=1S/C15H16F3N3O2S2/c1-2-9-11(21-14(25-9)13-20-7-8-24-13)12(23)19-6-4-3-5-10(22)15(16,17)18/h7-8H,2-6H2,1H3,(H,19,23). The molecular formula is C15H16F3N3O2S2. The fourth-order valence-electron chi connectivity index (χ4n) is 2.03. The number of alkyl halides is 3. The van der Waals surface area contributed by atoms with Gasteiger partial charge in [-0.2, -0.15) is 13.2 Å². The average molecular weight is 391 g/mol. The monoisotopic (exact) mass is 391 g/mol. The van der Waals surface area contributed by atoms with Crippen LogP contribution in [0.2, 0.25) is 0 Å². The third kappa shape index (κ3) is 5.33. The summed E-state index contributed by atoms with van der Waals surface area (Å²) in [5, 5.41) is 5.88. The van der Waals surface area contributed by atoms with Crippen molar-refractivity contribution in [3.63, 3.8) is 0 Å². The van der Waals surface area contributed by atoms with Gasteiger partial charge in [-0.1, -0.05) is 6.92 Å². The second kappa shape index (κ2) is 8.52. The van der Waals surface area contributed by atoms with Crippen molar-refractivity contribution < 1.29 is 22.8 Å². The average Bonchev–Trinajstić information content (AvgIpc) is 3.21. The van der Waals surface area contributed by atoms with E-state index in [1.54, 1.807) is 6.20 Å². The first-order valence-electron chi connectivity index (χ1n) is 7.60. The predicted octanol–water partition coefficient (Wildman–Crippen LogP) is 3.86. The van der Waals surface area contributed by atoms with Gasteiger partial charge in [0.2, 0.25) is 5.78 Å². The maximum absolute atomic E-state index is 12.2. The van der Waals surface area contributed by atoms with Crippen LogP contribution in [0.5, 0.6) is 0 Å². The van der Waals surface area contributed by atoms with Crippen LogP contribution >= 0.6 is 22.7 Å². The van der Waals surface area contributed by atoms with Crippen LogP contribution in [-0.4, -0.2) is 34.4 Å². The van der Waals surface area contributed by atoms with E-state index >= 15 is 0 Å². The van der Waals surface area contributed by atoms with E-state index in [2.05, 4.69) is 15.3 Å². The first-order valence-corrected chi connectivity index (χ1v) is 9.30. The number of hydrogen-bond acceptors (Lipinski definition) is 6. The second-order valence-corrected chi connectivity index (χ2v) is 7.09. The number of nitrogens with zero attached hydrogens (tertiary/aromatic N) is 2. The first-order chi connectivity index (χ1) is 11.8. The van der Waals surface area contributed by atoms with Crippen molar-refractivity contribution in [1.29, 1.82) is 0 Å². The number of hydrogen-bond donors (Lipinski definition) is 1. The molecule has 0 aliphatic rings. The van der Waals surface area contributed by atoms with Crippen LogP contribution in [0.1, 0.15) is 41.6 Å². The Kier molecular flexibility index (Phi) is 6.65. The van der Waals surface area contributed by atoms with Crippen LogP contribution in [0, 0.1) is 0 Å². The van der Waals surface area contributed by atoms with Crippen LogP contribution in [0.25, 0.3) is 10.0 Å². The van der Waals surface area contributed by atoms with E-state index in [-0.39, 0.29) is 18.9 Å². The van der Waals surface area contributed by atoms with Gasteiger partial charge in [0.25, 0.3) is 5.91 Å². The van der Waals surface area contributed by atoms with Gasteiger partial charge in [0.15, 0.2) is 10.0 Å². The number of thiazole rings is 2. The summed E-state index contributed by atoms with van der Waals surface area (Å²) in [6.07, 6.45) is -2.68. The van der Waals surface area contributed by atoms with Crippen molar-refractivity contribution in [2.75, 3.05) is 6.54 Å². The van der Waals surface area contributed by atoms with Crippen molar-refractivity contribution in [3.05, 3.63) is 22.1 Å². The molecule has 0 bridgehead atoms. The maximum Gasteiger partial charge on any atom is 0.449 e. The lowest BCUT2D eigenvalue weighted by Gasteiger charge is -2.06. The van der Waals surface area contributed by atoms with E-state index in [0.717, 1.165) is 9.88 Å². The molecule has 0 fully saturated rings. The van der Waals surface area contributed by atoms with E-state index in [1.807, 2.05) is 12.3 Å². The maximum atomic E-state index is 12.2. The zero-order valence-electron chi connectivity index (χ0n) is 13.4. The SMILES string of the molecule is CCc1sc(-c2nccs2)nc1C(=O)NCCCCC(=O)C(F)(F)F. The Bertz CT molecular complexity index is 727. The molecule has 10 heteroatoms. The molecule has 0 aliphatic carbocycles. The van der Waals surface area contributed by atoms with Crippen LogP contribution in [0.3, 0.4) is 0 Å². The molecule has 5 nitrogen and oxygen atoms in total. The quantitative estimate of drug-likeness (QED) is 0.694. The fraction of sp³-hybridized carbons (Fsp3) is 0.467. The summed E-state index contributed by atoms with van der Waals surface area (Å²) in [5.41, 5.74) is 0.323. The lowest BCUT2D eigenvalue weighted by Crippen LogP contribution is -2.26. The number of nitrogens with one attached hydrogen (secondary N) is 1. The number of amides is 1. The number of halogens is 3. The number of rotatable bonds is 8. The van der Waals surface area contributed by atoms with E-state index in [1.165, 1.54) is 22.7 Å². The molecule has 2 heterocycles. The summed E-state index contributed by atoms with van der Waals surface area (Å²) in [5.74, 6) is -2.10. The van der Waals surface area contributed by atoms with Gasteiger partial charge in [0.1, 0.15) is 5.69 Å². The van der Waals surface area contributed by atoms with Gasteiger partial charge in [0, 0.05) is 29.4 Å². The zero-order chi connectivity index (χ0) is 18.4. The Labute approximate surface area is 150 Å². The summed E-state index contributed by atoms with van der Waals surface area (Å²) >= 11 is 2.83. The molecule has 1 N–H and O–H groups in total. The van der Waals surface area contributed by atoms with Gasteiger partial charge >= 0.3 is 6.18 Å². The number of carbonyl (C=O) groups is 2. The lowest BCUT2D eigenvalue weighted by molar-refractivity contribution is -0.171. The van der Waals surface area contributed by atoms with E-state index in [4.69, 9.17) is 0 Å². The van der Waals surface area contributed by atoms with E-state index in [0.29, 0.717) is 23.5 Å². The van der Waals surface area contributed by atoms with Crippen LogP contribution < -0.4 is 5.32 Å². The van der Waals surface area contributed by atoms with Crippen molar-refractivity contribution in [2.24, 2.45) is 0 Å². The third-order valence-electron chi connectivity index (χ3n) is 3.28. The Hall–Kier alpha value is -1.81. The fourth-order valence-corrected chi connectivity index (χ4v) is 3.71. The van der Waals surface area contributed by atoms with Crippen molar-refractivity contribution in [2.45, 2.75) is 38.8 Å². The smallest absolute Gasteiger partial charge is 0.351 e. The summed E-state index contributed by atoms with van der Waals surface area (Å²) in [6, 6.07) is 0. The number of unbranched alkanes of at least 4 members (excludes halogenated alkanes) is 1. The largest absolute Gasteiger partial charge is 0.449 e. The van der Waals surface area contributed by atoms with Crippen molar-refractivity contribution in [3.8, 4) is 10.0 Å². The molecule has 0 spiro atoms. The molecule has 0 saturated carbocycles. The van der Waals surface area contributed by atoms with Crippen LogP contribution in [0.4, 0.5) is 13.2 Å². The summed E-state index contributed by atoms with van der Waals surface area (Å²) in [4.78, 5) is 32.3. The summed E-state index contributed by atoms with van der Waals surface area (Å²) < 4.78 is 36.2. The Morgan fingerprint density at radius 1 is 1.24 bits per heavy atom. The highest BCUT2D eigenvalue weighted by atomic mass is 32.1. The molecule has 0 saturated heterocycles. The normalized spacial score (nSPS) is 11.5. The molecule has 0 atom stereocenters. The highest BCUT2D eigenvalue weighted by Crippen LogP contribution is 2.29. The topological polar surface area (TPSA) is 72.0 Å². The molecule has 2 aromatic heterocycles. The Morgan fingerprint density at radius 2 is 2.00 bits per heavy atom. The minimum absolute atomic E-state index is 0.0701. The molecule has 0 aliphatic heterocycles. The van der Waals surface area contributed by atoms with Gasteiger partial charge in [-0.05, 0) is 19.3 Å². The molecule has 2 aromatic rings. The highest BCUT2D eigenvalue weighted by molar-refractivity contribution is 7.20. The number of ketones is 1. The Morgan fingerprint density at radius 3 is 2.60 bits per heavy atom.